The lowest BCUT2D eigenvalue weighted by Gasteiger charge is -2.27. The monoisotopic (exact) mass is 146 g/mol. The third-order valence-electron chi connectivity index (χ3n) is 1.82. The first-order valence-electron chi connectivity index (χ1n) is 3.28. The number of alkyl halides is 1. The predicted molar refractivity (Wildman–Crippen MR) is 37.3 cm³/mol. The molecule has 2 radical (unpaired) electrons. The maximum absolute atomic E-state index is 7.36. The average Bonchev–Trinajstić information content (AvgIpc) is 1.83. The van der Waals surface area contributed by atoms with Crippen LogP contribution < -0.4 is 11.5 Å². The quantitative estimate of drug-likeness (QED) is 0.460. The molecule has 9 heavy (non-hydrogen) atoms. The highest BCUT2D eigenvalue weighted by Gasteiger charge is 2.27. The fraction of sp³-hybridized carbons (Fsp3) is 1.00. The largest absolute Gasteiger partial charge is 0.253 e. The molecule has 1 saturated carbocycles. The summed E-state index contributed by atoms with van der Waals surface area (Å²) in [5.74, 6) is 0. The lowest BCUT2D eigenvalue weighted by atomic mass is 9.91. The number of halogens is 1. The summed E-state index contributed by atoms with van der Waals surface area (Å²) in [6.07, 6.45) is 2.81. The molecule has 1 fully saturated rings. The zero-order chi connectivity index (χ0) is 6.85. The first kappa shape index (κ1) is 7.32. The topological polar surface area (TPSA) is 47.6 Å². The second kappa shape index (κ2) is 2.86. The van der Waals surface area contributed by atoms with Crippen molar-refractivity contribution in [1.29, 1.82) is 0 Å². The fourth-order valence-electron chi connectivity index (χ4n) is 1.14. The molecule has 3 atom stereocenters. The van der Waals surface area contributed by atoms with Gasteiger partial charge in [0, 0.05) is 6.04 Å². The van der Waals surface area contributed by atoms with Crippen LogP contribution in [0.15, 0.2) is 0 Å². The molecule has 0 heterocycles. The van der Waals surface area contributed by atoms with E-state index in [0.717, 1.165) is 19.3 Å². The van der Waals surface area contributed by atoms with E-state index < -0.39 is 0 Å². The van der Waals surface area contributed by atoms with Gasteiger partial charge >= 0.3 is 0 Å². The summed E-state index contributed by atoms with van der Waals surface area (Å²) in [6.45, 7) is 0. The van der Waals surface area contributed by atoms with E-state index in [1.54, 1.807) is 0 Å². The van der Waals surface area contributed by atoms with Crippen molar-refractivity contribution in [3.63, 3.8) is 0 Å². The highest BCUT2D eigenvalue weighted by atomic mass is 35.5. The van der Waals surface area contributed by atoms with Gasteiger partial charge in [0.2, 0.25) is 0 Å². The molecule has 1 rings (SSSR count). The van der Waals surface area contributed by atoms with Gasteiger partial charge < -0.3 is 0 Å². The SMILES string of the molecule is [NH]C1CCCC(Cl)C1[NH]. The third kappa shape index (κ3) is 1.57. The molecule has 3 heteroatoms. The van der Waals surface area contributed by atoms with Gasteiger partial charge in [0.25, 0.3) is 0 Å². The Morgan fingerprint density at radius 2 is 1.89 bits per heavy atom. The van der Waals surface area contributed by atoms with E-state index in [4.69, 9.17) is 23.1 Å². The van der Waals surface area contributed by atoms with E-state index in [9.17, 15) is 0 Å². The van der Waals surface area contributed by atoms with Crippen molar-refractivity contribution in [2.75, 3.05) is 0 Å². The van der Waals surface area contributed by atoms with Crippen LogP contribution in [0, 0.1) is 0 Å². The minimum absolute atomic E-state index is 0.0683. The summed E-state index contributed by atoms with van der Waals surface area (Å²) in [4.78, 5) is 0. The predicted octanol–water partition coefficient (Wildman–Crippen LogP) is 1.08. The van der Waals surface area contributed by atoms with E-state index >= 15 is 0 Å². The van der Waals surface area contributed by atoms with Gasteiger partial charge in [-0.05, 0) is 12.8 Å². The molecule has 52 valence electrons. The second-order valence-electron chi connectivity index (χ2n) is 2.58. The molecule has 0 spiro atoms. The number of hydrogen-bond acceptors (Lipinski definition) is 0. The van der Waals surface area contributed by atoms with Crippen molar-refractivity contribution in [2.24, 2.45) is 0 Å². The second-order valence-corrected chi connectivity index (χ2v) is 3.14. The van der Waals surface area contributed by atoms with Gasteiger partial charge in [-0.1, -0.05) is 6.42 Å². The molecule has 0 aromatic rings. The van der Waals surface area contributed by atoms with Gasteiger partial charge in [0.1, 0.15) is 0 Å². The lowest BCUT2D eigenvalue weighted by Crippen LogP contribution is -2.40. The van der Waals surface area contributed by atoms with Crippen LogP contribution in [0.1, 0.15) is 19.3 Å². The molecule has 1 aliphatic carbocycles. The summed E-state index contributed by atoms with van der Waals surface area (Å²) in [6, 6.07) is -0.582. The van der Waals surface area contributed by atoms with E-state index in [2.05, 4.69) is 0 Å². The molecule has 0 bridgehead atoms. The highest BCUT2D eigenvalue weighted by molar-refractivity contribution is 6.21. The zero-order valence-corrected chi connectivity index (χ0v) is 5.99. The Morgan fingerprint density at radius 1 is 1.22 bits per heavy atom. The van der Waals surface area contributed by atoms with E-state index in [1.165, 1.54) is 0 Å². The van der Waals surface area contributed by atoms with E-state index in [-0.39, 0.29) is 17.5 Å². The summed E-state index contributed by atoms with van der Waals surface area (Å²) in [5.41, 5.74) is 14.7. The van der Waals surface area contributed by atoms with Crippen LogP contribution in [0.3, 0.4) is 0 Å². The van der Waals surface area contributed by atoms with E-state index in [0.29, 0.717) is 0 Å². The number of nitrogens with one attached hydrogen (secondary N) is 2. The third-order valence-corrected chi connectivity index (χ3v) is 2.31. The molecular weight excluding hydrogens is 136 g/mol. The van der Waals surface area contributed by atoms with Gasteiger partial charge in [0.05, 0.1) is 11.4 Å². The Morgan fingerprint density at radius 3 is 2.33 bits per heavy atom. The Kier molecular flexibility index (Phi) is 2.33. The van der Waals surface area contributed by atoms with Gasteiger partial charge in [-0.3, -0.25) is 11.5 Å². The van der Waals surface area contributed by atoms with Crippen LogP contribution in [0.4, 0.5) is 0 Å². The Labute approximate surface area is 60.5 Å². The minimum atomic E-state index is -0.347. The Bertz CT molecular complexity index is 87.1. The molecule has 0 amide bonds. The number of rotatable bonds is 0. The minimum Gasteiger partial charge on any atom is -0.253 e. The van der Waals surface area contributed by atoms with Crippen LogP contribution in [0.2, 0.25) is 0 Å². The number of hydrogen-bond donors (Lipinski definition) is 0. The molecule has 3 unspecified atom stereocenters. The van der Waals surface area contributed by atoms with Gasteiger partial charge in [-0.2, -0.15) is 0 Å². The van der Waals surface area contributed by atoms with Crippen molar-refractivity contribution in [3.8, 4) is 0 Å². The first-order chi connectivity index (χ1) is 4.22. The Hall–Kier alpha value is 0.210. The zero-order valence-electron chi connectivity index (χ0n) is 5.23. The smallest absolute Gasteiger partial charge is 0.0543 e. The van der Waals surface area contributed by atoms with Crippen LogP contribution in [0.5, 0.6) is 0 Å². The molecular formula is C6H11ClN2. The maximum atomic E-state index is 7.36. The molecule has 0 aromatic carbocycles. The summed E-state index contributed by atoms with van der Waals surface area (Å²) >= 11 is 5.75. The van der Waals surface area contributed by atoms with Crippen LogP contribution >= 0.6 is 11.6 Å². The Balaban J connectivity index is 2.41. The molecule has 0 saturated heterocycles. The van der Waals surface area contributed by atoms with Crippen molar-refractivity contribution in [1.82, 2.24) is 11.5 Å². The van der Waals surface area contributed by atoms with E-state index in [1.807, 2.05) is 0 Å². The summed E-state index contributed by atoms with van der Waals surface area (Å²) < 4.78 is 0. The normalized spacial score (nSPS) is 45.0. The van der Waals surface area contributed by atoms with Crippen molar-refractivity contribution >= 4 is 11.6 Å². The van der Waals surface area contributed by atoms with Crippen molar-refractivity contribution < 1.29 is 0 Å². The molecule has 2 nitrogen and oxygen atoms in total. The highest BCUT2D eigenvalue weighted by Crippen LogP contribution is 2.22. The van der Waals surface area contributed by atoms with Crippen LogP contribution in [0.25, 0.3) is 0 Å². The van der Waals surface area contributed by atoms with Gasteiger partial charge in [-0.25, -0.2) is 0 Å². The lowest BCUT2D eigenvalue weighted by molar-refractivity contribution is 0.375. The van der Waals surface area contributed by atoms with Gasteiger partial charge in [-0.15, -0.1) is 11.6 Å². The summed E-state index contributed by atoms with van der Waals surface area (Å²) in [7, 11) is 0. The maximum Gasteiger partial charge on any atom is 0.0543 e. The van der Waals surface area contributed by atoms with Crippen LogP contribution in [-0.4, -0.2) is 17.5 Å². The van der Waals surface area contributed by atoms with Crippen molar-refractivity contribution in [2.45, 2.75) is 36.7 Å². The average molecular weight is 147 g/mol. The van der Waals surface area contributed by atoms with Gasteiger partial charge in [0.15, 0.2) is 0 Å². The summed E-state index contributed by atoms with van der Waals surface area (Å²) in [5, 5.41) is -0.0683. The fourth-order valence-corrected chi connectivity index (χ4v) is 1.47. The first-order valence-corrected chi connectivity index (χ1v) is 3.72. The molecule has 2 N–H and O–H groups in total. The molecule has 0 aliphatic heterocycles. The van der Waals surface area contributed by atoms with Crippen LogP contribution in [-0.2, 0) is 0 Å². The molecule has 1 aliphatic rings. The standard InChI is InChI=1S/C6H11ClN2/c7-4-2-1-3-5(8)6(4)9/h4-6,8-9H,1-3H2. The van der Waals surface area contributed by atoms with Crippen molar-refractivity contribution in [3.05, 3.63) is 0 Å². The molecule has 0 aromatic heterocycles.